The topological polar surface area (TPSA) is 98.1 Å². The second-order valence-electron chi connectivity index (χ2n) is 6.93. The summed E-state index contributed by atoms with van der Waals surface area (Å²) in [5.41, 5.74) is 2.37. The molecule has 160 valence electrons. The van der Waals surface area contributed by atoms with Crippen LogP contribution in [0.2, 0.25) is 0 Å². The first-order chi connectivity index (χ1) is 15.6. The molecule has 0 aliphatic heterocycles. The molecule has 2 N–H and O–H groups in total. The van der Waals surface area contributed by atoms with Gasteiger partial charge in [0.25, 0.3) is 17.8 Å². The van der Waals surface area contributed by atoms with Crippen molar-refractivity contribution in [2.45, 2.75) is 6.92 Å². The van der Waals surface area contributed by atoms with Gasteiger partial charge >= 0.3 is 0 Å². The van der Waals surface area contributed by atoms with E-state index in [0.717, 1.165) is 5.56 Å². The normalized spacial score (nSPS) is 10.4. The molecule has 0 atom stereocenters. The van der Waals surface area contributed by atoms with Gasteiger partial charge in [-0.1, -0.05) is 48.5 Å². The monoisotopic (exact) mass is 427 g/mol. The van der Waals surface area contributed by atoms with Crippen LogP contribution in [0.1, 0.15) is 26.3 Å². The Labute approximate surface area is 184 Å². The number of hydrogen-bond donors (Lipinski definition) is 2. The van der Waals surface area contributed by atoms with Gasteiger partial charge in [0, 0.05) is 5.56 Å². The third-order valence-electron chi connectivity index (χ3n) is 4.80. The number of aryl methyl sites for hydroxylation is 1. The number of benzene rings is 3. The molecule has 0 saturated carbocycles. The summed E-state index contributed by atoms with van der Waals surface area (Å²) in [6, 6.07) is 23.3. The maximum Gasteiger partial charge on any atom is 0.261 e. The van der Waals surface area contributed by atoms with Gasteiger partial charge in [-0.3, -0.25) is 20.2 Å². The van der Waals surface area contributed by atoms with Gasteiger partial charge in [0.15, 0.2) is 0 Å². The number of carbonyl (C=O) groups excluding carboxylic acids is 2. The summed E-state index contributed by atoms with van der Waals surface area (Å²) in [5, 5.41) is 9.86. The van der Waals surface area contributed by atoms with Crippen LogP contribution in [0.3, 0.4) is 0 Å². The lowest BCUT2D eigenvalue weighted by Crippen LogP contribution is -2.16. The average molecular weight is 427 g/mol. The van der Waals surface area contributed by atoms with Crippen molar-refractivity contribution < 1.29 is 14.3 Å². The zero-order valence-electron chi connectivity index (χ0n) is 17.6. The van der Waals surface area contributed by atoms with Crippen LogP contribution in [0, 0.1) is 6.92 Å². The zero-order chi connectivity index (χ0) is 22.5. The molecule has 0 fully saturated rings. The number of ether oxygens (including phenoxy) is 1. The number of rotatable bonds is 6. The quantitative estimate of drug-likeness (QED) is 0.483. The summed E-state index contributed by atoms with van der Waals surface area (Å²) >= 11 is 0. The van der Waals surface area contributed by atoms with Crippen molar-refractivity contribution in [1.82, 2.24) is 14.8 Å². The number of carbonyl (C=O) groups is 2. The van der Waals surface area contributed by atoms with Crippen LogP contribution >= 0.6 is 0 Å². The lowest BCUT2D eigenvalue weighted by atomic mass is 10.1. The number of para-hydroxylation sites is 2. The first-order valence-electron chi connectivity index (χ1n) is 9.90. The summed E-state index contributed by atoms with van der Waals surface area (Å²) in [5.74, 6) is -0.0896. The van der Waals surface area contributed by atoms with Crippen LogP contribution in [0.15, 0.2) is 78.9 Å². The van der Waals surface area contributed by atoms with Crippen LogP contribution in [0.25, 0.3) is 5.69 Å². The Morgan fingerprint density at radius 1 is 0.812 bits per heavy atom. The first kappa shape index (κ1) is 20.8. The number of anilines is 2. The molecule has 0 unspecified atom stereocenters. The van der Waals surface area contributed by atoms with E-state index in [1.54, 1.807) is 36.4 Å². The van der Waals surface area contributed by atoms with Gasteiger partial charge < -0.3 is 4.74 Å². The maximum absolute atomic E-state index is 12.9. The lowest BCUT2D eigenvalue weighted by molar-refractivity contribution is 0.101. The molecule has 4 aromatic rings. The smallest absolute Gasteiger partial charge is 0.261 e. The van der Waals surface area contributed by atoms with E-state index in [1.165, 1.54) is 11.8 Å². The van der Waals surface area contributed by atoms with Gasteiger partial charge in [-0.05, 0) is 42.8 Å². The summed E-state index contributed by atoms with van der Waals surface area (Å²) in [6.07, 6.45) is 0. The summed E-state index contributed by atoms with van der Waals surface area (Å²) in [6.45, 7) is 1.85. The predicted octanol–water partition coefficient (Wildman–Crippen LogP) is 4.09. The fourth-order valence-corrected chi connectivity index (χ4v) is 3.19. The summed E-state index contributed by atoms with van der Waals surface area (Å²) in [7, 11) is 1.50. The number of aromatic nitrogens is 3. The van der Waals surface area contributed by atoms with Gasteiger partial charge in [-0.25, -0.2) is 0 Å². The van der Waals surface area contributed by atoms with Crippen molar-refractivity contribution >= 4 is 23.7 Å². The fraction of sp³-hybridized carbons (Fsp3) is 0.0833. The van der Waals surface area contributed by atoms with Crippen LogP contribution < -0.4 is 15.4 Å². The van der Waals surface area contributed by atoms with E-state index in [-0.39, 0.29) is 17.8 Å². The van der Waals surface area contributed by atoms with Crippen LogP contribution in [-0.4, -0.2) is 33.7 Å². The molecule has 1 heterocycles. The van der Waals surface area contributed by atoms with Gasteiger partial charge in [-0.2, -0.15) is 9.67 Å². The minimum Gasteiger partial charge on any atom is -0.496 e. The highest BCUT2D eigenvalue weighted by Gasteiger charge is 2.19. The van der Waals surface area contributed by atoms with E-state index in [0.29, 0.717) is 22.6 Å². The molecular weight excluding hydrogens is 406 g/mol. The number of hydrogen-bond acceptors (Lipinski definition) is 5. The highest BCUT2D eigenvalue weighted by molar-refractivity contribution is 6.06. The second kappa shape index (κ2) is 9.13. The fourth-order valence-electron chi connectivity index (χ4n) is 3.19. The molecule has 0 aliphatic rings. The third kappa shape index (κ3) is 4.34. The van der Waals surface area contributed by atoms with Crippen molar-refractivity contribution in [2.75, 3.05) is 17.7 Å². The molecule has 8 heteroatoms. The zero-order valence-corrected chi connectivity index (χ0v) is 17.6. The number of amides is 2. The number of nitrogens with zero attached hydrogens (tertiary/aromatic N) is 3. The van der Waals surface area contributed by atoms with E-state index in [1.807, 2.05) is 49.4 Å². The molecule has 32 heavy (non-hydrogen) atoms. The first-order valence-corrected chi connectivity index (χ1v) is 9.90. The third-order valence-corrected chi connectivity index (χ3v) is 4.80. The van der Waals surface area contributed by atoms with Gasteiger partial charge in [-0.15, -0.1) is 5.10 Å². The van der Waals surface area contributed by atoms with E-state index in [4.69, 9.17) is 4.74 Å². The Morgan fingerprint density at radius 3 is 2.16 bits per heavy atom. The standard InChI is InChI=1S/C24H21N5O3/c1-16-10-6-7-13-18(16)21(30)25-23-27-24(29(28-23)17-11-4-3-5-12-17)26-22(31)19-14-8-9-15-20(19)32-2/h3-15H,1-2H3,(H2,25,26,27,28,30,31). The molecule has 0 radical (unpaired) electrons. The second-order valence-corrected chi connectivity index (χ2v) is 6.93. The molecule has 2 amide bonds. The van der Waals surface area contributed by atoms with Crippen molar-refractivity contribution in [1.29, 1.82) is 0 Å². The average Bonchev–Trinajstić information content (AvgIpc) is 3.21. The van der Waals surface area contributed by atoms with Crippen LogP contribution in [0.5, 0.6) is 5.75 Å². The van der Waals surface area contributed by atoms with E-state index in [9.17, 15) is 9.59 Å². The number of nitrogens with one attached hydrogen (secondary N) is 2. The van der Waals surface area contributed by atoms with Crippen LogP contribution in [-0.2, 0) is 0 Å². The molecule has 3 aromatic carbocycles. The molecule has 1 aromatic heterocycles. The molecular formula is C24H21N5O3. The molecule has 4 rings (SSSR count). The van der Waals surface area contributed by atoms with Gasteiger partial charge in [0.1, 0.15) is 5.75 Å². The van der Waals surface area contributed by atoms with E-state index in [2.05, 4.69) is 20.7 Å². The minimum atomic E-state index is -0.413. The Kier molecular flexibility index (Phi) is 5.94. The van der Waals surface area contributed by atoms with E-state index >= 15 is 0 Å². The minimum absolute atomic E-state index is 0.0671. The molecule has 0 bridgehead atoms. The van der Waals surface area contributed by atoms with Crippen molar-refractivity contribution in [3.63, 3.8) is 0 Å². The Morgan fingerprint density at radius 2 is 1.44 bits per heavy atom. The summed E-state index contributed by atoms with van der Waals surface area (Å²) in [4.78, 5) is 30.0. The Hall–Kier alpha value is -4.46. The van der Waals surface area contributed by atoms with Gasteiger partial charge in [0.05, 0.1) is 18.4 Å². The largest absolute Gasteiger partial charge is 0.496 e. The SMILES string of the molecule is COc1ccccc1C(=O)Nc1nc(NC(=O)c2ccccc2C)nn1-c1ccccc1. The molecule has 0 saturated heterocycles. The van der Waals surface area contributed by atoms with Crippen LogP contribution in [0.4, 0.5) is 11.9 Å². The number of methoxy groups -OCH3 is 1. The summed E-state index contributed by atoms with van der Waals surface area (Å²) < 4.78 is 6.74. The Bertz CT molecular complexity index is 1270. The lowest BCUT2D eigenvalue weighted by Gasteiger charge is -2.09. The maximum atomic E-state index is 12.9. The van der Waals surface area contributed by atoms with E-state index < -0.39 is 5.91 Å². The predicted molar refractivity (Wildman–Crippen MR) is 121 cm³/mol. The van der Waals surface area contributed by atoms with Crippen molar-refractivity contribution in [2.24, 2.45) is 0 Å². The molecule has 8 nitrogen and oxygen atoms in total. The highest BCUT2D eigenvalue weighted by atomic mass is 16.5. The van der Waals surface area contributed by atoms with Crippen molar-refractivity contribution in [3.8, 4) is 11.4 Å². The molecule has 0 aliphatic carbocycles. The Balaban J connectivity index is 1.67. The van der Waals surface area contributed by atoms with Crippen molar-refractivity contribution in [3.05, 3.63) is 95.6 Å². The van der Waals surface area contributed by atoms with Gasteiger partial charge in [0.2, 0.25) is 5.95 Å². The highest BCUT2D eigenvalue weighted by Crippen LogP contribution is 2.21. The molecule has 0 spiro atoms.